The van der Waals surface area contributed by atoms with Crippen molar-refractivity contribution in [2.24, 2.45) is 0 Å². The van der Waals surface area contributed by atoms with Gasteiger partial charge in [-0.2, -0.15) is 0 Å². The number of ether oxygens (including phenoxy) is 2. The van der Waals surface area contributed by atoms with Gasteiger partial charge >= 0.3 is 0 Å². The average Bonchev–Trinajstić information content (AvgIpc) is 2.28. The third-order valence-corrected chi connectivity index (χ3v) is 2.58. The fraction of sp³-hybridized carbons (Fsp3) is 0.462. The predicted octanol–water partition coefficient (Wildman–Crippen LogP) is 3.27. The van der Waals surface area contributed by atoms with Gasteiger partial charge in [-0.1, -0.05) is 11.6 Å². The molecule has 0 N–H and O–H groups in total. The second-order valence-electron chi connectivity index (χ2n) is 3.97. The van der Waals surface area contributed by atoms with Crippen molar-refractivity contribution in [2.45, 2.75) is 32.8 Å². The number of halogens is 1. The molecular formula is C13H17ClO3. The van der Waals surface area contributed by atoms with E-state index < -0.39 is 0 Å². The molecule has 1 aromatic rings. The van der Waals surface area contributed by atoms with E-state index in [9.17, 15) is 4.79 Å². The summed E-state index contributed by atoms with van der Waals surface area (Å²) >= 11 is 6.10. The summed E-state index contributed by atoms with van der Waals surface area (Å²) in [5.74, 6) is 1.27. The maximum atomic E-state index is 10.4. The molecule has 0 aliphatic rings. The van der Waals surface area contributed by atoms with E-state index in [1.165, 1.54) is 0 Å². The number of carbonyl (C=O) groups is 1. The van der Waals surface area contributed by atoms with Crippen LogP contribution < -0.4 is 9.47 Å². The fourth-order valence-electron chi connectivity index (χ4n) is 1.49. The zero-order valence-electron chi connectivity index (χ0n) is 10.3. The Morgan fingerprint density at radius 1 is 1.35 bits per heavy atom. The van der Waals surface area contributed by atoms with Gasteiger partial charge in [0.1, 0.15) is 6.29 Å². The molecule has 0 saturated carbocycles. The van der Waals surface area contributed by atoms with Crippen molar-refractivity contribution >= 4 is 17.9 Å². The minimum absolute atomic E-state index is 0.0593. The molecule has 0 amide bonds. The van der Waals surface area contributed by atoms with Crippen LogP contribution in [-0.2, 0) is 11.2 Å². The van der Waals surface area contributed by atoms with Gasteiger partial charge in [-0.15, -0.1) is 0 Å². The molecule has 0 saturated heterocycles. The topological polar surface area (TPSA) is 35.5 Å². The number of aryl methyl sites for hydroxylation is 1. The first-order valence-electron chi connectivity index (χ1n) is 5.55. The third-order valence-electron chi connectivity index (χ3n) is 2.23. The first-order valence-corrected chi connectivity index (χ1v) is 5.93. The molecule has 0 aromatic heterocycles. The number of rotatable bonds is 6. The standard InChI is InChI=1S/C13H17ClO3/c1-9(2)17-13-7-10(5-4-6-15)11(14)8-12(13)16-3/h6-9H,4-5H2,1-3H3. The van der Waals surface area contributed by atoms with Gasteiger partial charge in [0.15, 0.2) is 11.5 Å². The summed E-state index contributed by atoms with van der Waals surface area (Å²) in [6, 6.07) is 3.56. The molecule has 0 bridgehead atoms. The van der Waals surface area contributed by atoms with Crippen molar-refractivity contribution in [2.75, 3.05) is 7.11 Å². The van der Waals surface area contributed by atoms with E-state index in [2.05, 4.69) is 0 Å². The second kappa shape index (κ2) is 6.50. The summed E-state index contributed by atoms with van der Waals surface area (Å²) in [5, 5.41) is 0.597. The lowest BCUT2D eigenvalue weighted by Crippen LogP contribution is -2.07. The molecule has 0 unspecified atom stereocenters. The molecule has 17 heavy (non-hydrogen) atoms. The number of carbonyl (C=O) groups excluding carboxylic acids is 1. The quantitative estimate of drug-likeness (QED) is 0.733. The van der Waals surface area contributed by atoms with Crippen molar-refractivity contribution in [3.63, 3.8) is 0 Å². The summed E-state index contributed by atoms with van der Waals surface area (Å²) in [4.78, 5) is 10.4. The largest absolute Gasteiger partial charge is 0.493 e. The average molecular weight is 257 g/mol. The van der Waals surface area contributed by atoms with Crippen LogP contribution >= 0.6 is 11.6 Å². The molecule has 4 heteroatoms. The Bertz CT molecular complexity index is 388. The lowest BCUT2D eigenvalue weighted by molar-refractivity contribution is -0.107. The van der Waals surface area contributed by atoms with Gasteiger partial charge in [-0.05, 0) is 31.9 Å². The molecule has 0 aliphatic carbocycles. The zero-order valence-corrected chi connectivity index (χ0v) is 11.1. The van der Waals surface area contributed by atoms with E-state index in [1.54, 1.807) is 13.2 Å². The maximum Gasteiger partial charge on any atom is 0.162 e. The van der Waals surface area contributed by atoms with Crippen LogP contribution in [-0.4, -0.2) is 19.5 Å². The van der Waals surface area contributed by atoms with Crippen LogP contribution in [0, 0.1) is 0 Å². The highest BCUT2D eigenvalue weighted by atomic mass is 35.5. The summed E-state index contributed by atoms with van der Waals surface area (Å²) in [6.07, 6.45) is 2.00. The number of hydrogen-bond acceptors (Lipinski definition) is 3. The van der Waals surface area contributed by atoms with E-state index >= 15 is 0 Å². The molecule has 1 aromatic carbocycles. The van der Waals surface area contributed by atoms with Crippen LogP contribution in [0.2, 0.25) is 5.02 Å². The summed E-state index contributed by atoms with van der Waals surface area (Å²) in [6.45, 7) is 3.89. The monoisotopic (exact) mass is 256 g/mol. The van der Waals surface area contributed by atoms with E-state index in [0.717, 1.165) is 11.8 Å². The highest BCUT2D eigenvalue weighted by Gasteiger charge is 2.11. The number of aldehydes is 1. The van der Waals surface area contributed by atoms with Crippen LogP contribution in [0.3, 0.4) is 0 Å². The van der Waals surface area contributed by atoms with Gasteiger partial charge < -0.3 is 14.3 Å². The Kier molecular flexibility index (Phi) is 5.29. The van der Waals surface area contributed by atoms with Gasteiger partial charge in [0.05, 0.1) is 13.2 Å². The van der Waals surface area contributed by atoms with Crippen LogP contribution in [0.5, 0.6) is 11.5 Å². The number of benzene rings is 1. The highest BCUT2D eigenvalue weighted by Crippen LogP contribution is 2.34. The molecule has 0 radical (unpaired) electrons. The second-order valence-corrected chi connectivity index (χ2v) is 4.37. The maximum absolute atomic E-state index is 10.4. The van der Waals surface area contributed by atoms with Crippen molar-refractivity contribution in [1.29, 1.82) is 0 Å². The lowest BCUT2D eigenvalue weighted by Gasteiger charge is -2.15. The van der Waals surface area contributed by atoms with E-state index in [1.807, 2.05) is 19.9 Å². The van der Waals surface area contributed by atoms with Crippen molar-refractivity contribution in [3.8, 4) is 11.5 Å². The van der Waals surface area contributed by atoms with Gasteiger partial charge in [-0.3, -0.25) is 0 Å². The van der Waals surface area contributed by atoms with Gasteiger partial charge in [0.2, 0.25) is 0 Å². The van der Waals surface area contributed by atoms with Crippen molar-refractivity contribution in [3.05, 3.63) is 22.7 Å². The smallest absolute Gasteiger partial charge is 0.162 e. The molecule has 0 atom stereocenters. The van der Waals surface area contributed by atoms with Crippen LogP contribution in [0.15, 0.2) is 12.1 Å². The van der Waals surface area contributed by atoms with Gasteiger partial charge in [-0.25, -0.2) is 0 Å². The minimum atomic E-state index is 0.0593. The molecule has 94 valence electrons. The van der Waals surface area contributed by atoms with E-state index in [-0.39, 0.29) is 6.10 Å². The van der Waals surface area contributed by atoms with Crippen LogP contribution in [0.25, 0.3) is 0 Å². The Labute approximate surface area is 107 Å². The molecule has 3 nitrogen and oxygen atoms in total. The van der Waals surface area contributed by atoms with Gasteiger partial charge in [0, 0.05) is 17.5 Å². The first kappa shape index (κ1) is 13.8. The van der Waals surface area contributed by atoms with Crippen LogP contribution in [0.1, 0.15) is 25.8 Å². The SMILES string of the molecule is COc1cc(Cl)c(CCC=O)cc1OC(C)C. The Morgan fingerprint density at radius 2 is 2.06 bits per heavy atom. The van der Waals surface area contributed by atoms with E-state index in [4.69, 9.17) is 21.1 Å². The third kappa shape index (κ3) is 3.93. The summed E-state index contributed by atoms with van der Waals surface area (Å²) < 4.78 is 10.8. The zero-order chi connectivity index (χ0) is 12.8. The van der Waals surface area contributed by atoms with Crippen molar-refractivity contribution < 1.29 is 14.3 Å². The molecule has 1 rings (SSSR count). The number of methoxy groups -OCH3 is 1. The van der Waals surface area contributed by atoms with Crippen molar-refractivity contribution in [1.82, 2.24) is 0 Å². The Morgan fingerprint density at radius 3 is 2.59 bits per heavy atom. The summed E-state index contributed by atoms with van der Waals surface area (Å²) in [7, 11) is 1.57. The first-order chi connectivity index (χ1) is 8.08. The molecule has 0 fully saturated rings. The van der Waals surface area contributed by atoms with Crippen LogP contribution in [0.4, 0.5) is 0 Å². The Balaban J connectivity index is 3.03. The lowest BCUT2D eigenvalue weighted by atomic mass is 10.1. The molecule has 0 aliphatic heterocycles. The molecule has 0 heterocycles. The molecular weight excluding hydrogens is 240 g/mol. The highest BCUT2D eigenvalue weighted by molar-refractivity contribution is 6.31. The minimum Gasteiger partial charge on any atom is -0.493 e. The Hall–Kier alpha value is -1.22. The fourth-order valence-corrected chi connectivity index (χ4v) is 1.74. The normalized spacial score (nSPS) is 10.4. The molecule has 0 spiro atoms. The summed E-state index contributed by atoms with van der Waals surface area (Å²) in [5.41, 5.74) is 0.898. The number of hydrogen-bond donors (Lipinski definition) is 0. The van der Waals surface area contributed by atoms with Gasteiger partial charge in [0.25, 0.3) is 0 Å². The van der Waals surface area contributed by atoms with E-state index in [0.29, 0.717) is 29.4 Å². The predicted molar refractivity (Wildman–Crippen MR) is 68.2 cm³/mol.